The summed E-state index contributed by atoms with van der Waals surface area (Å²) in [4.78, 5) is 53.0. The van der Waals surface area contributed by atoms with Gasteiger partial charge in [0.2, 0.25) is 40.3 Å². The van der Waals surface area contributed by atoms with E-state index in [4.69, 9.17) is 30.7 Å². The maximum atomic E-state index is 15.4. The molecule has 7 aromatic carbocycles. The van der Waals surface area contributed by atoms with Gasteiger partial charge in [0.05, 0.1) is 44.6 Å². The molecule has 18 rings (SSSR count). The first kappa shape index (κ1) is 91.8. The number of aryl methyl sites for hydroxylation is 3. The van der Waals surface area contributed by atoms with E-state index in [1.54, 1.807) is 43.8 Å². The lowest BCUT2D eigenvalue weighted by Crippen LogP contribution is -2.14. The van der Waals surface area contributed by atoms with Gasteiger partial charge in [-0.2, -0.15) is 15.3 Å². The van der Waals surface area contributed by atoms with Crippen molar-refractivity contribution in [2.45, 2.75) is 145 Å². The number of ketones is 1. The van der Waals surface area contributed by atoms with Crippen molar-refractivity contribution >= 4 is 94.1 Å². The average Bonchev–Trinajstić information content (AvgIpc) is 1.61. The Hall–Kier alpha value is -12.0. The van der Waals surface area contributed by atoms with Gasteiger partial charge < -0.3 is 15.7 Å². The fourth-order valence-corrected chi connectivity index (χ4v) is 19.9. The van der Waals surface area contributed by atoms with Gasteiger partial charge in [0, 0.05) is 98.3 Å². The third-order valence-electron chi connectivity index (χ3n) is 22.6. The average molecular weight is 1870 g/mol. The lowest BCUT2D eigenvalue weighted by atomic mass is 9.95. The largest absolute Gasteiger partial charge is 0.870 e. The summed E-state index contributed by atoms with van der Waals surface area (Å²) in [6.07, 6.45) is 15.2. The number of hydrogen-bond acceptors (Lipinski definition) is 20. The molecule has 4 aliphatic rings. The number of carboxylic acids is 2. The molecule has 7 heterocycles. The molecule has 1 unspecified atom stereocenters. The van der Waals surface area contributed by atoms with Crippen LogP contribution in [0.5, 0.6) is 0 Å². The number of carboxylic acid groups (broad SMARTS) is 2. The van der Waals surface area contributed by atoms with Crippen molar-refractivity contribution < 1.29 is 68.7 Å². The number of thiazole rings is 4. The highest BCUT2D eigenvalue weighted by molar-refractivity contribution is 7.89. The van der Waals surface area contributed by atoms with Gasteiger partial charge in [0.15, 0.2) is 39.0 Å². The number of Topliss-reactive ketones (excluding diaryl/α,β-unsaturated/α-hetero) is 1. The monoisotopic (exact) mass is 1870 g/mol. The van der Waals surface area contributed by atoms with E-state index in [1.165, 1.54) is 93.7 Å². The molecular formula is C94H85F4N13O11S7. The van der Waals surface area contributed by atoms with E-state index >= 15 is 4.39 Å². The zero-order valence-electron chi connectivity index (χ0n) is 69.9. The first-order valence-electron chi connectivity index (χ1n) is 41.1. The fourth-order valence-electron chi connectivity index (χ4n) is 15.3. The molecule has 0 radical (unpaired) electrons. The van der Waals surface area contributed by atoms with Crippen molar-refractivity contribution in [2.24, 2.45) is 39.1 Å². The van der Waals surface area contributed by atoms with E-state index in [0.717, 1.165) is 184 Å². The second-order valence-corrected chi connectivity index (χ2v) is 40.4. The normalized spacial score (nSPS) is 14.0. The van der Waals surface area contributed by atoms with Crippen LogP contribution in [0.3, 0.4) is 0 Å². The molecule has 662 valence electrons. The lowest BCUT2D eigenvalue weighted by molar-refractivity contribution is 0.0680. The van der Waals surface area contributed by atoms with Crippen molar-refractivity contribution in [3.63, 3.8) is 0 Å². The molecule has 35 heteroatoms. The van der Waals surface area contributed by atoms with Crippen molar-refractivity contribution in [2.75, 3.05) is 0 Å². The highest BCUT2D eigenvalue weighted by atomic mass is 32.2. The summed E-state index contributed by atoms with van der Waals surface area (Å²) in [5.41, 5.74) is 16.3. The van der Waals surface area contributed by atoms with E-state index in [0.29, 0.717) is 91.0 Å². The number of carbonyl (C=O) groups excluding carboxylic acids is 1. The van der Waals surface area contributed by atoms with Crippen LogP contribution in [0.4, 0.5) is 17.6 Å². The molecule has 0 amide bonds. The number of rotatable bonds is 25. The summed E-state index contributed by atoms with van der Waals surface area (Å²) in [7, 11) is -10.6. The van der Waals surface area contributed by atoms with Crippen LogP contribution in [0.2, 0.25) is 0 Å². The fraction of sp³-hybridized carbons (Fsp3) is 0.255. The SMILES string of the molecule is CC(=O)c1csc(-n2nc(-c3cccc(-c4ccc(C)cc4)c3)c(Cc3ccc(S(N)(=O)=O)cc3F)c2CC2CC2)n1.Cc1cnc(C#Cc2cc(-c3nn(-c4nc(C(=O)O)cs4)c(CC4CC4)c3Cc3ccc([SH+](N)=O)c(F)c3)ccc2C)s1.NS(=O)(=O)c1ccc(Cc2c(-c3ccc(F)c(C#CC4CCCC4)c3)nn(-c3nc(C(=O)O)cs3)c2CC2CC2)cc1F.[OH-]. The Balaban J connectivity index is 0.000000148. The molecule has 24 nitrogen and oxygen atoms in total. The molecule has 9 N–H and O–H groups in total. The minimum absolute atomic E-state index is 0. The number of nitrogens with two attached hydrogens (primary N) is 3. The Morgan fingerprint density at radius 2 is 1.02 bits per heavy atom. The van der Waals surface area contributed by atoms with E-state index in [1.807, 2.05) is 57.2 Å². The molecule has 4 saturated carbocycles. The van der Waals surface area contributed by atoms with Crippen LogP contribution in [0.1, 0.15) is 185 Å². The van der Waals surface area contributed by atoms with Crippen LogP contribution < -0.4 is 15.4 Å². The van der Waals surface area contributed by atoms with Gasteiger partial charge in [-0.25, -0.2) is 88.2 Å². The number of halogens is 4. The summed E-state index contributed by atoms with van der Waals surface area (Å²) >= 11 is 5.22. The summed E-state index contributed by atoms with van der Waals surface area (Å²) < 4.78 is 124. The van der Waals surface area contributed by atoms with Crippen LogP contribution in [-0.2, 0) is 73.8 Å². The minimum Gasteiger partial charge on any atom is -0.870 e. The topological polar surface area (TPSA) is 390 Å². The van der Waals surface area contributed by atoms with E-state index in [-0.39, 0.29) is 56.8 Å². The summed E-state index contributed by atoms with van der Waals surface area (Å²) in [6.45, 7) is 7.51. The van der Waals surface area contributed by atoms with Crippen LogP contribution in [0.25, 0.3) is 60.3 Å². The Morgan fingerprint density at radius 3 is 1.49 bits per heavy atom. The molecule has 0 saturated heterocycles. The summed E-state index contributed by atoms with van der Waals surface area (Å²) in [5.74, 6) is 9.16. The second kappa shape index (κ2) is 38.8. The number of carbonyl (C=O) groups is 3. The summed E-state index contributed by atoms with van der Waals surface area (Å²) in [6, 6.07) is 39.1. The zero-order valence-corrected chi connectivity index (χ0v) is 75.7. The molecule has 0 bridgehead atoms. The number of benzene rings is 7. The molecular weight excluding hydrogens is 1790 g/mol. The van der Waals surface area contributed by atoms with Crippen molar-refractivity contribution in [1.29, 1.82) is 0 Å². The maximum Gasteiger partial charge on any atom is 0.355 e. The van der Waals surface area contributed by atoms with Gasteiger partial charge in [0.25, 0.3) is 0 Å². The Kier molecular flexibility index (Phi) is 27.6. The Morgan fingerprint density at radius 1 is 0.519 bits per heavy atom. The first-order valence-corrected chi connectivity index (χ1v) is 49.0. The smallest absolute Gasteiger partial charge is 0.355 e. The van der Waals surface area contributed by atoms with Gasteiger partial charge in [-0.15, -0.1) is 50.5 Å². The number of hydrogen-bond donors (Lipinski definition) is 5. The molecule has 14 aromatic rings. The lowest BCUT2D eigenvalue weighted by Gasteiger charge is -2.11. The number of sulfonamides is 2. The number of aromatic nitrogens is 10. The number of thiol groups is 1. The van der Waals surface area contributed by atoms with Crippen molar-refractivity contribution in [1.82, 2.24) is 49.3 Å². The van der Waals surface area contributed by atoms with E-state index < -0.39 is 71.1 Å². The highest BCUT2D eigenvalue weighted by Crippen LogP contribution is 2.44. The minimum atomic E-state index is -4.24. The molecule has 4 fully saturated rings. The van der Waals surface area contributed by atoms with Crippen LogP contribution in [0, 0.1) is 91.4 Å². The molecule has 1 atom stereocenters. The maximum absolute atomic E-state index is 15.4. The molecule has 0 spiro atoms. The molecule has 129 heavy (non-hydrogen) atoms. The van der Waals surface area contributed by atoms with Gasteiger partial charge in [-0.05, 0) is 215 Å². The van der Waals surface area contributed by atoms with E-state index in [9.17, 15) is 58.8 Å². The number of primary sulfonamides is 2. The predicted molar refractivity (Wildman–Crippen MR) is 488 cm³/mol. The van der Waals surface area contributed by atoms with Gasteiger partial charge >= 0.3 is 11.9 Å². The molecule has 0 aliphatic heterocycles. The Bertz CT molecular complexity index is 7110. The van der Waals surface area contributed by atoms with Crippen molar-refractivity contribution in [3.8, 4) is 84.0 Å². The van der Waals surface area contributed by atoms with Crippen LogP contribution in [0.15, 0.2) is 177 Å². The van der Waals surface area contributed by atoms with Gasteiger partial charge in [-0.3, -0.25) is 4.79 Å². The van der Waals surface area contributed by atoms with Crippen molar-refractivity contribution in [3.05, 3.63) is 285 Å². The first-order chi connectivity index (χ1) is 61.3. The zero-order chi connectivity index (χ0) is 90.1. The Labute approximate surface area is 759 Å². The summed E-state index contributed by atoms with van der Waals surface area (Å²) in [5, 5.41) is 56.6. The standard InChI is InChI=1S/C32H29FN4O3S2.C31H28F2N4O4S2.C31H26FN5O3S3.H2O/c1-19-6-10-22(11-7-19)23-4-3-5-25(15-23)31-27(16-24-12-13-26(17-28(24)33)42(34,39)40)30(14-21-8-9-21)37(36-31)32-35-29(18-41-32)20(2)38;32-24-11-10-22(16-21(24)9-7-18-3-1-2-4-18)29-23(13-20-8-12-28(25(33)14-20)43(34,40)41)27(15-19-5-6-19)37(36-29)31-35-26(17-42-31)30(38)39;1-17-3-7-22(14-21(17)8-10-28-34-15-18(2)42-28)29-23(11-20-6-9-27(43(33)40)24(32)12-20)26(13-19-4-5-19)37(36-29)31-35-25(16-41-31)30(38)39;/h3-7,10-13,15,17-18,21H,8-9,14,16H2,1-2H3,(H2,34,39,40);8,10-12,14,16-19H,1-6,13,15H2,(H,38,39)(H2,34,40,41);3,6-7,9,12,14-16,19H,4-5,11,13H2,1-2H3,(H2,33,40)(H,38,39);1H2. The van der Waals surface area contributed by atoms with E-state index in [2.05, 4.69) is 73.9 Å². The van der Waals surface area contributed by atoms with Crippen LogP contribution >= 0.6 is 45.3 Å². The third kappa shape index (κ3) is 21.8. The third-order valence-corrected chi connectivity index (χ3v) is 28.6. The molecule has 4 aliphatic carbocycles. The predicted octanol–water partition coefficient (Wildman–Crippen LogP) is 17.8. The second-order valence-electron chi connectivity index (χ2n) is 32.4. The van der Waals surface area contributed by atoms with Gasteiger partial charge in [0.1, 0.15) is 28.0 Å². The quantitative estimate of drug-likeness (QED) is 0.0117. The van der Waals surface area contributed by atoms with Gasteiger partial charge in [-0.1, -0.05) is 113 Å². The number of nitrogens with zero attached hydrogens (tertiary/aromatic N) is 10. The van der Waals surface area contributed by atoms with Crippen LogP contribution in [-0.4, -0.2) is 99.5 Å². The highest BCUT2D eigenvalue weighted by Gasteiger charge is 2.35. The molecule has 7 aromatic heterocycles. The number of aromatic carboxylic acids is 2.